The van der Waals surface area contributed by atoms with E-state index in [-0.39, 0.29) is 33.8 Å². The second-order valence-corrected chi connectivity index (χ2v) is 6.06. The van der Waals surface area contributed by atoms with Gasteiger partial charge >= 0.3 is 5.97 Å². The highest BCUT2D eigenvalue weighted by Gasteiger charge is 2.28. The SMILES string of the molecule is CCOC(=O)c1c(=O)c2cc(F)c(F)c3c(=NC)c4csc1n4c23. The molecule has 0 aliphatic rings. The van der Waals surface area contributed by atoms with Gasteiger partial charge in [-0.2, -0.15) is 0 Å². The predicted molar refractivity (Wildman–Crippen MR) is 86.3 cm³/mol. The third-order valence-electron chi connectivity index (χ3n) is 4.01. The van der Waals surface area contributed by atoms with Crippen molar-refractivity contribution in [1.82, 2.24) is 4.40 Å². The molecule has 0 aliphatic heterocycles. The maximum Gasteiger partial charge on any atom is 0.345 e. The number of benzene rings is 1. The van der Waals surface area contributed by atoms with Gasteiger partial charge in [0.15, 0.2) is 11.6 Å². The van der Waals surface area contributed by atoms with Crippen LogP contribution in [0.1, 0.15) is 17.3 Å². The van der Waals surface area contributed by atoms with E-state index in [2.05, 4.69) is 4.99 Å². The average molecular weight is 348 g/mol. The quantitative estimate of drug-likeness (QED) is 0.523. The number of halogens is 2. The molecule has 0 spiro atoms. The van der Waals surface area contributed by atoms with Gasteiger partial charge in [0, 0.05) is 12.4 Å². The van der Waals surface area contributed by atoms with Crippen LogP contribution in [0, 0.1) is 11.6 Å². The number of esters is 1. The Balaban J connectivity index is 2.38. The molecule has 4 aromatic rings. The van der Waals surface area contributed by atoms with Gasteiger partial charge in [-0.15, -0.1) is 11.3 Å². The van der Waals surface area contributed by atoms with Crippen molar-refractivity contribution >= 4 is 43.9 Å². The number of hydrogen-bond donors (Lipinski definition) is 0. The van der Waals surface area contributed by atoms with E-state index >= 15 is 0 Å². The zero-order valence-electron chi connectivity index (χ0n) is 12.6. The van der Waals surface area contributed by atoms with Crippen molar-refractivity contribution < 1.29 is 18.3 Å². The number of thiazole rings is 1. The molecule has 5 nitrogen and oxygen atoms in total. The van der Waals surface area contributed by atoms with Crippen molar-refractivity contribution in [3.05, 3.63) is 44.2 Å². The molecule has 0 fully saturated rings. The third-order valence-corrected chi connectivity index (χ3v) is 4.96. The van der Waals surface area contributed by atoms with Crippen LogP contribution in [-0.4, -0.2) is 24.0 Å². The van der Waals surface area contributed by atoms with E-state index in [9.17, 15) is 18.4 Å². The van der Waals surface area contributed by atoms with Gasteiger partial charge in [-0.3, -0.25) is 14.2 Å². The zero-order valence-corrected chi connectivity index (χ0v) is 13.5. The lowest BCUT2D eigenvalue weighted by atomic mass is 10.1. The summed E-state index contributed by atoms with van der Waals surface area (Å²) in [5.41, 5.74) is -0.0874. The van der Waals surface area contributed by atoms with Crippen LogP contribution >= 0.6 is 11.3 Å². The molecule has 0 saturated carbocycles. The minimum atomic E-state index is -1.15. The summed E-state index contributed by atoms with van der Waals surface area (Å²) >= 11 is 1.16. The molecule has 122 valence electrons. The number of pyridine rings is 1. The normalized spacial score (nSPS) is 12.9. The fraction of sp³-hybridized carbons (Fsp3) is 0.188. The Morgan fingerprint density at radius 1 is 1.42 bits per heavy atom. The lowest BCUT2D eigenvalue weighted by Gasteiger charge is -2.07. The van der Waals surface area contributed by atoms with Gasteiger partial charge in [0.1, 0.15) is 10.4 Å². The molecule has 4 rings (SSSR count). The number of ether oxygens (including phenoxy) is 1. The zero-order chi connectivity index (χ0) is 17.2. The molecule has 0 amide bonds. The van der Waals surface area contributed by atoms with E-state index in [4.69, 9.17) is 4.74 Å². The maximum atomic E-state index is 14.3. The minimum absolute atomic E-state index is 0.0483. The summed E-state index contributed by atoms with van der Waals surface area (Å²) in [6.07, 6.45) is 0. The molecule has 0 radical (unpaired) electrons. The molecule has 1 aromatic carbocycles. The number of rotatable bonds is 2. The van der Waals surface area contributed by atoms with Crippen molar-refractivity contribution in [2.24, 2.45) is 4.99 Å². The molecule has 0 unspecified atom stereocenters. The van der Waals surface area contributed by atoms with Crippen LogP contribution in [0.4, 0.5) is 8.78 Å². The van der Waals surface area contributed by atoms with Crippen LogP contribution in [-0.2, 0) is 4.74 Å². The summed E-state index contributed by atoms with van der Waals surface area (Å²) in [5.74, 6) is -2.99. The van der Waals surface area contributed by atoms with Gasteiger partial charge in [0.05, 0.1) is 33.8 Å². The van der Waals surface area contributed by atoms with Gasteiger partial charge in [-0.25, -0.2) is 13.6 Å². The summed E-state index contributed by atoms with van der Waals surface area (Å²) in [4.78, 5) is 29.4. The molecule has 0 atom stereocenters. The highest BCUT2D eigenvalue weighted by molar-refractivity contribution is 7.16. The average Bonchev–Trinajstić information content (AvgIpc) is 3.10. The summed E-state index contributed by atoms with van der Waals surface area (Å²) in [6.45, 7) is 1.73. The first kappa shape index (κ1) is 14.9. The number of carbonyl (C=O) groups excluding carboxylic acids is 1. The molecule has 0 saturated heterocycles. The van der Waals surface area contributed by atoms with Crippen LogP contribution in [0.15, 0.2) is 21.2 Å². The summed E-state index contributed by atoms with van der Waals surface area (Å²) in [7, 11) is 1.46. The first-order valence-electron chi connectivity index (χ1n) is 7.13. The number of nitrogens with zero attached hydrogens (tertiary/aromatic N) is 2. The topological polar surface area (TPSA) is 60.1 Å². The Hall–Kier alpha value is -2.61. The molecule has 8 heteroatoms. The molecule has 3 aromatic heterocycles. The molecule has 0 aliphatic carbocycles. The van der Waals surface area contributed by atoms with Gasteiger partial charge in [-0.1, -0.05) is 0 Å². The monoisotopic (exact) mass is 348 g/mol. The van der Waals surface area contributed by atoms with Crippen LogP contribution < -0.4 is 10.8 Å². The van der Waals surface area contributed by atoms with Gasteiger partial charge in [-0.05, 0) is 13.0 Å². The van der Waals surface area contributed by atoms with E-state index in [0.717, 1.165) is 17.4 Å². The summed E-state index contributed by atoms with van der Waals surface area (Å²) in [5, 5.41) is 1.80. The fourth-order valence-corrected chi connectivity index (χ4v) is 4.12. The molecule has 3 heterocycles. The first-order chi connectivity index (χ1) is 11.5. The minimum Gasteiger partial charge on any atom is -0.462 e. The van der Waals surface area contributed by atoms with Crippen LogP contribution in [0.25, 0.3) is 26.6 Å². The highest BCUT2D eigenvalue weighted by Crippen LogP contribution is 2.31. The van der Waals surface area contributed by atoms with E-state index in [1.54, 1.807) is 16.7 Å². The second-order valence-electron chi connectivity index (χ2n) is 5.20. The molecular weight excluding hydrogens is 338 g/mol. The summed E-state index contributed by atoms with van der Waals surface area (Å²) in [6, 6.07) is 0.825. The Labute approximate surface area is 137 Å². The van der Waals surface area contributed by atoms with E-state index in [1.165, 1.54) is 7.05 Å². The van der Waals surface area contributed by atoms with Crippen LogP contribution in [0.5, 0.6) is 0 Å². The molecular formula is C16H10F2N2O3S. The van der Waals surface area contributed by atoms with Crippen molar-refractivity contribution in [2.75, 3.05) is 13.7 Å². The third kappa shape index (κ3) is 1.63. The predicted octanol–water partition coefficient (Wildman–Crippen LogP) is 2.53. The lowest BCUT2D eigenvalue weighted by Crippen LogP contribution is -2.19. The fourth-order valence-electron chi connectivity index (χ4n) is 3.09. The van der Waals surface area contributed by atoms with Crippen molar-refractivity contribution in [3.8, 4) is 0 Å². The van der Waals surface area contributed by atoms with Crippen molar-refractivity contribution in [3.63, 3.8) is 0 Å². The lowest BCUT2D eigenvalue weighted by molar-refractivity contribution is 0.0527. The number of aromatic nitrogens is 1. The first-order valence-corrected chi connectivity index (χ1v) is 8.01. The molecule has 0 bridgehead atoms. The van der Waals surface area contributed by atoms with E-state index in [1.807, 2.05) is 0 Å². The molecule has 0 N–H and O–H groups in total. The Morgan fingerprint density at radius 3 is 2.83 bits per heavy atom. The maximum absolute atomic E-state index is 14.3. The van der Waals surface area contributed by atoms with Gasteiger partial charge in [0.25, 0.3) is 0 Å². The smallest absolute Gasteiger partial charge is 0.345 e. The molecule has 24 heavy (non-hydrogen) atoms. The Bertz CT molecular complexity index is 1240. The van der Waals surface area contributed by atoms with Gasteiger partial charge < -0.3 is 4.74 Å². The van der Waals surface area contributed by atoms with Gasteiger partial charge in [0.2, 0.25) is 5.43 Å². The number of carbonyl (C=O) groups is 1. The largest absolute Gasteiger partial charge is 0.462 e. The van der Waals surface area contributed by atoms with E-state index < -0.39 is 23.0 Å². The van der Waals surface area contributed by atoms with Crippen molar-refractivity contribution in [1.29, 1.82) is 0 Å². The standard InChI is InChI=1S/C16H10F2N2O3S/c1-3-23-16(22)10-14(21)6-4-7(17)11(18)9-12(19-2)8-5-24-15(10)20(8)13(6)9/h4-5H,3H2,1-2H3. The van der Waals surface area contributed by atoms with Crippen molar-refractivity contribution in [2.45, 2.75) is 6.92 Å². The van der Waals surface area contributed by atoms with Crippen LogP contribution in [0.3, 0.4) is 0 Å². The van der Waals surface area contributed by atoms with E-state index in [0.29, 0.717) is 10.3 Å². The van der Waals surface area contributed by atoms with Crippen LogP contribution in [0.2, 0.25) is 0 Å². The second kappa shape index (κ2) is 4.94. The highest BCUT2D eigenvalue weighted by atomic mass is 32.1. The Kier molecular flexibility index (Phi) is 3.08. The Morgan fingerprint density at radius 2 is 2.17 bits per heavy atom. The summed E-state index contributed by atoms with van der Waals surface area (Å²) < 4.78 is 34.9. The number of hydrogen-bond acceptors (Lipinski definition) is 5.